The van der Waals surface area contributed by atoms with Crippen LogP contribution in [-0.4, -0.2) is 12.6 Å². The van der Waals surface area contributed by atoms with Gasteiger partial charge in [-0.3, -0.25) is 0 Å². The molecule has 0 aliphatic carbocycles. The summed E-state index contributed by atoms with van der Waals surface area (Å²) in [6.07, 6.45) is 0. The van der Waals surface area contributed by atoms with Gasteiger partial charge in [0, 0.05) is 3.57 Å². The quantitative estimate of drug-likeness (QED) is 0.623. The van der Waals surface area contributed by atoms with E-state index in [2.05, 4.69) is 28.7 Å². The van der Waals surface area contributed by atoms with E-state index in [0.717, 1.165) is 3.57 Å². The third kappa shape index (κ3) is 2.69. The Kier molecular flexibility index (Phi) is 4.09. The number of hydrogen-bond acceptors (Lipinski definition) is 3. The summed E-state index contributed by atoms with van der Waals surface area (Å²) in [6.45, 7) is 3.85. The van der Waals surface area contributed by atoms with Crippen molar-refractivity contribution in [1.82, 2.24) is 0 Å². The van der Waals surface area contributed by atoms with Gasteiger partial charge in [0.25, 0.3) is 0 Å². The van der Waals surface area contributed by atoms with Crippen molar-refractivity contribution < 1.29 is 9.53 Å². The van der Waals surface area contributed by atoms with Crippen molar-refractivity contribution in [3.8, 4) is 6.07 Å². The van der Waals surface area contributed by atoms with Crippen LogP contribution in [0.25, 0.3) is 0 Å². The molecule has 0 bridgehead atoms. The first-order valence-corrected chi connectivity index (χ1v) is 5.55. The highest BCUT2D eigenvalue weighted by Gasteiger charge is 2.13. The maximum absolute atomic E-state index is 11.6. The van der Waals surface area contributed by atoms with Crippen LogP contribution in [0.1, 0.15) is 28.4 Å². The molecule has 3 nitrogen and oxygen atoms in total. The number of halogens is 1. The molecule has 0 aliphatic heterocycles. The number of nitrogens with zero attached hydrogens (tertiary/aromatic N) is 1. The Morgan fingerprint density at radius 3 is 2.80 bits per heavy atom. The van der Waals surface area contributed by atoms with Crippen molar-refractivity contribution in [2.24, 2.45) is 0 Å². The van der Waals surface area contributed by atoms with Gasteiger partial charge in [-0.25, -0.2) is 4.79 Å². The van der Waals surface area contributed by atoms with E-state index in [0.29, 0.717) is 23.3 Å². The molecule has 1 rings (SSSR count). The summed E-state index contributed by atoms with van der Waals surface area (Å²) in [4.78, 5) is 11.6. The van der Waals surface area contributed by atoms with Crippen molar-refractivity contribution in [1.29, 1.82) is 5.26 Å². The zero-order valence-electron chi connectivity index (χ0n) is 8.50. The van der Waals surface area contributed by atoms with Gasteiger partial charge in [-0.05, 0) is 54.1 Å². The summed E-state index contributed by atoms with van der Waals surface area (Å²) < 4.78 is 5.77. The van der Waals surface area contributed by atoms with Crippen molar-refractivity contribution in [2.75, 3.05) is 6.61 Å². The summed E-state index contributed by atoms with van der Waals surface area (Å²) in [5.41, 5.74) is 1.67. The maximum Gasteiger partial charge on any atom is 0.338 e. The third-order valence-corrected chi connectivity index (χ3v) is 2.61. The molecule has 0 atom stereocenters. The molecule has 0 unspecified atom stereocenters. The van der Waals surface area contributed by atoms with Crippen molar-refractivity contribution in [3.05, 3.63) is 32.4 Å². The lowest BCUT2D eigenvalue weighted by atomic mass is 10.0. The Morgan fingerprint density at radius 2 is 2.27 bits per heavy atom. The number of carbonyl (C=O) groups is 1. The number of ether oxygens (including phenoxy) is 1. The molecule has 1 aromatic carbocycles. The molecule has 0 heterocycles. The third-order valence-electron chi connectivity index (χ3n) is 1.99. The normalized spacial score (nSPS) is 9.47. The van der Waals surface area contributed by atoms with Crippen LogP contribution < -0.4 is 0 Å². The fourth-order valence-corrected chi connectivity index (χ4v) is 1.84. The molecule has 4 heteroatoms. The van der Waals surface area contributed by atoms with Crippen LogP contribution in [0.15, 0.2) is 12.1 Å². The van der Waals surface area contributed by atoms with Gasteiger partial charge in [0.15, 0.2) is 0 Å². The Morgan fingerprint density at radius 1 is 1.60 bits per heavy atom. The zero-order valence-corrected chi connectivity index (χ0v) is 10.7. The average molecular weight is 315 g/mol. The first kappa shape index (κ1) is 12.0. The van der Waals surface area contributed by atoms with E-state index in [4.69, 9.17) is 10.00 Å². The van der Waals surface area contributed by atoms with Gasteiger partial charge in [0.2, 0.25) is 0 Å². The van der Waals surface area contributed by atoms with Crippen molar-refractivity contribution in [3.63, 3.8) is 0 Å². The Balaban J connectivity index is 3.24. The minimum atomic E-state index is -0.370. The first-order valence-electron chi connectivity index (χ1n) is 4.47. The van der Waals surface area contributed by atoms with Gasteiger partial charge >= 0.3 is 5.97 Å². The van der Waals surface area contributed by atoms with Crippen molar-refractivity contribution >= 4 is 28.6 Å². The summed E-state index contributed by atoms with van der Waals surface area (Å²) in [5.74, 6) is -0.370. The van der Waals surface area contributed by atoms with E-state index in [1.54, 1.807) is 26.0 Å². The molecule has 0 aliphatic rings. The van der Waals surface area contributed by atoms with E-state index in [9.17, 15) is 4.79 Å². The SMILES string of the molecule is CCOC(=O)c1cc(I)cc(C#N)c1C. The monoisotopic (exact) mass is 315 g/mol. The first-order chi connectivity index (χ1) is 7.10. The molecule has 0 spiro atoms. The maximum atomic E-state index is 11.6. The summed E-state index contributed by atoms with van der Waals surface area (Å²) in [5, 5.41) is 8.87. The van der Waals surface area contributed by atoms with E-state index in [1.165, 1.54) is 0 Å². The van der Waals surface area contributed by atoms with E-state index in [-0.39, 0.29) is 5.97 Å². The molecular weight excluding hydrogens is 305 g/mol. The standard InChI is InChI=1S/C11H10INO2/c1-3-15-11(14)10-5-9(12)4-8(6-13)7(10)2/h4-5H,3H2,1-2H3. The summed E-state index contributed by atoms with van der Waals surface area (Å²) in [7, 11) is 0. The largest absolute Gasteiger partial charge is 0.462 e. The molecule has 0 amide bonds. The smallest absolute Gasteiger partial charge is 0.338 e. The Bertz CT molecular complexity index is 435. The highest BCUT2D eigenvalue weighted by molar-refractivity contribution is 14.1. The number of rotatable bonds is 2. The lowest BCUT2D eigenvalue weighted by Gasteiger charge is -2.07. The molecule has 0 aromatic heterocycles. The van der Waals surface area contributed by atoms with Crippen LogP contribution in [0, 0.1) is 21.8 Å². The second-order valence-electron chi connectivity index (χ2n) is 2.96. The summed E-state index contributed by atoms with van der Waals surface area (Å²) >= 11 is 2.07. The van der Waals surface area contributed by atoms with Crippen LogP contribution in [-0.2, 0) is 4.74 Å². The highest BCUT2D eigenvalue weighted by Crippen LogP contribution is 2.18. The second kappa shape index (κ2) is 5.12. The van der Waals surface area contributed by atoms with Crippen LogP contribution >= 0.6 is 22.6 Å². The van der Waals surface area contributed by atoms with Gasteiger partial charge in [0.1, 0.15) is 0 Å². The summed E-state index contributed by atoms with van der Waals surface area (Å²) in [6, 6.07) is 5.54. The number of benzene rings is 1. The predicted octanol–water partition coefficient (Wildman–Crippen LogP) is 2.65. The molecule has 0 radical (unpaired) electrons. The van der Waals surface area contributed by atoms with E-state index >= 15 is 0 Å². The molecule has 0 fully saturated rings. The molecule has 0 N–H and O–H groups in total. The zero-order chi connectivity index (χ0) is 11.4. The number of nitriles is 1. The molecule has 15 heavy (non-hydrogen) atoms. The molecule has 0 saturated heterocycles. The number of esters is 1. The van der Waals surface area contributed by atoms with E-state index < -0.39 is 0 Å². The molecule has 1 aromatic rings. The number of hydrogen-bond donors (Lipinski definition) is 0. The van der Waals surface area contributed by atoms with E-state index in [1.807, 2.05) is 0 Å². The minimum Gasteiger partial charge on any atom is -0.462 e. The van der Waals surface area contributed by atoms with Gasteiger partial charge < -0.3 is 4.74 Å². The average Bonchev–Trinajstić information content (AvgIpc) is 2.21. The van der Waals surface area contributed by atoms with Gasteiger partial charge in [-0.2, -0.15) is 5.26 Å². The van der Waals surface area contributed by atoms with Crippen LogP contribution in [0.3, 0.4) is 0 Å². The lowest BCUT2D eigenvalue weighted by Crippen LogP contribution is -2.08. The van der Waals surface area contributed by atoms with Crippen molar-refractivity contribution in [2.45, 2.75) is 13.8 Å². The highest BCUT2D eigenvalue weighted by atomic mass is 127. The topological polar surface area (TPSA) is 50.1 Å². The minimum absolute atomic E-state index is 0.339. The predicted molar refractivity (Wildman–Crippen MR) is 64.6 cm³/mol. The van der Waals surface area contributed by atoms with Crippen LogP contribution in [0.5, 0.6) is 0 Å². The van der Waals surface area contributed by atoms with Gasteiger partial charge in [-0.1, -0.05) is 0 Å². The number of carbonyl (C=O) groups excluding carboxylic acids is 1. The fourth-order valence-electron chi connectivity index (χ4n) is 1.22. The Labute approximate surface area is 102 Å². The molecule has 0 saturated carbocycles. The molecular formula is C11H10INO2. The van der Waals surface area contributed by atoms with Gasteiger partial charge in [0.05, 0.1) is 23.8 Å². The second-order valence-corrected chi connectivity index (χ2v) is 4.20. The molecule has 78 valence electrons. The lowest BCUT2D eigenvalue weighted by molar-refractivity contribution is 0.0525. The van der Waals surface area contributed by atoms with Crippen LogP contribution in [0.2, 0.25) is 0 Å². The van der Waals surface area contributed by atoms with Crippen LogP contribution in [0.4, 0.5) is 0 Å². The Hall–Kier alpha value is -1.09. The van der Waals surface area contributed by atoms with Gasteiger partial charge in [-0.15, -0.1) is 0 Å². The fraction of sp³-hybridized carbons (Fsp3) is 0.273.